The van der Waals surface area contributed by atoms with E-state index < -0.39 is 6.10 Å². The van der Waals surface area contributed by atoms with E-state index in [9.17, 15) is 9.90 Å². The van der Waals surface area contributed by atoms with Crippen molar-refractivity contribution in [1.29, 1.82) is 0 Å². The van der Waals surface area contributed by atoms with Crippen molar-refractivity contribution in [2.24, 2.45) is 0 Å². The molecule has 0 aliphatic heterocycles. The molecule has 4 nitrogen and oxygen atoms in total. The first-order valence-electron chi connectivity index (χ1n) is 17.6. The maximum absolute atomic E-state index is 12.1. The van der Waals surface area contributed by atoms with E-state index in [2.05, 4.69) is 50.3 Å². The van der Waals surface area contributed by atoms with Crippen LogP contribution >= 0.6 is 0 Å². The summed E-state index contributed by atoms with van der Waals surface area (Å²) in [6, 6.07) is 0. The fourth-order valence-corrected chi connectivity index (χ4v) is 4.87. The van der Waals surface area contributed by atoms with Crippen LogP contribution in [0.1, 0.15) is 168 Å². The van der Waals surface area contributed by atoms with E-state index in [0.29, 0.717) is 19.6 Å². The first kappa shape index (κ1) is 39.6. The molecule has 0 rings (SSSR count). The van der Waals surface area contributed by atoms with Crippen LogP contribution in [0, 0.1) is 0 Å². The number of allylic oxidation sites excluding steroid dienone is 6. The molecule has 240 valence electrons. The number of aliphatic hydroxyl groups is 1. The Morgan fingerprint density at radius 1 is 0.610 bits per heavy atom. The van der Waals surface area contributed by atoms with Crippen LogP contribution in [0.15, 0.2) is 36.5 Å². The maximum Gasteiger partial charge on any atom is 0.306 e. The summed E-state index contributed by atoms with van der Waals surface area (Å²) < 4.78 is 11.1. The molecule has 1 N–H and O–H groups in total. The Morgan fingerprint density at radius 3 is 1.66 bits per heavy atom. The van der Waals surface area contributed by atoms with Crippen molar-refractivity contribution in [3.63, 3.8) is 0 Å². The van der Waals surface area contributed by atoms with Gasteiger partial charge in [-0.1, -0.05) is 153 Å². The van der Waals surface area contributed by atoms with Gasteiger partial charge in [-0.25, -0.2) is 0 Å². The Kier molecular flexibility index (Phi) is 33.6. The molecule has 1 atom stereocenters. The van der Waals surface area contributed by atoms with E-state index in [1.54, 1.807) is 0 Å². The number of aliphatic hydroxyl groups excluding tert-OH is 1. The van der Waals surface area contributed by atoms with E-state index in [-0.39, 0.29) is 12.6 Å². The molecule has 0 heterocycles. The monoisotopic (exact) mass is 577 g/mol. The van der Waals surface area contributed by atoms with E-state index in [0.717, 1.165) is 51.4 Å². The zero-order valence-electron chi connectivity index (χ0n) is 27.3. The van der Waals surface area contributed by atoms with Gasteiger partial charge in [0.15, 0.2) is 0 Å². The van der Waals surface area contributed by atoms with Crippen LogP contribution in [0.2, 0.25) is 0 Å². The van der Waals surface area contributed by atoms with Gasteiger partial charge in [0.25, 0.3) is 0 Å². The molecular formula is C37H68O4. The average molecular weight is 577 g/mol. The summed E-state index contributed by atoms with van der Waals surface area (Å²) in [5, 5.41) is 9.54. The largest absolute Gasteiger partial charge is 0.457 e. The number of ether oxygens (including phenoxy) is 2. The van der Waals surface area contributed by atoms with Crippen LogP contribution < -0.4 is 0 Å². The van der Waals surface area contributed by atoms with E-state index in [1.165, 1.54) is 96.3 Å². The number of unbranched alkanes of at least 4 members (excludes halogenated alkanes) is 18. The Bertz CT molecular complexity index is 610. The Labute approximate surface area is 255 Å². The standard InChI is InChI=1S/C37H68O4/c1-3-5-7-9-11-13-15-17-19-20-22-24-26-28-30-32-37(39)41-36(34-38)35-40-33-31-29-27-25-23-21-18-16-14-12-10-8-6-4-2/h5,7,11,13,17,19,36,38H,3-4,6,8-10,12,14-16,18,20-35H2,1-2H3/b7-5-,13-11-,19-17-. The van der Waals surface area contributed by atoms with Crippen LogP contribution in [-0.4, -0.2) is 37.0 Å². The number of esters is 1. The highest BCUT2D eigenvalue weighted by atomic mass is 16.6. The third-order valence-corrected chi connectivity index (χ3v) is 7.48. The summed E-state index contributed by atoms with van der Waals surface area (Å²) in [6.07, 6.45) is 41.8. The van der Waals surface area contributed by atoms with Gasteiger partial charge in [0.2, 0.25) is 0 Å². The molecule has 4 heteroatoms. The zero-order chi connectivity index (χ0) is 29.9. The van der Waals surface area contributed by atoms with Crippen molar-refractivity contribution < 1.29 is 19.4 Å². The molecule has 41 heavy (non-hydrogen) atoms. The maximum atomic E-state index is 12.1. The minimum Gasteiger partial charge on any atom is -0.457 e. The topological polar surface area (TPSA) is 55.8 Å². The highest BCUT2D eigenvalue weighted by Gasteiger charge is 2.13. The molecule has 0 aromatic carbocycles. The molecule has 0 fully saturated rings. The normalized spacial score (nSPS) is 12.8. The van der Waals surface area contributed by atoms with Gasteiger partial charge in [0, 0.05) is 13.0 Å². The molecule has 0 radical (unpaired) electrons. The lowest BCUT2D eigenvalue weighted by Crippen LogP contribution is -2.27. The van der Waals surface area contributed by atoms with Gasteiger partial charge in [0.05, 0.1) is 13.2 Å². The molecule has 0 aromatic rings. The quantitative estimate of drug-likeness (QED) is 0.0491. The molecule has 1 unspecified atom stereocenters. The smallest absolute Gasteiger partial charge is 0.306 e. The summed E-state index contributed by atoms with van der Waals surface area (Å²) in [4.78, 5) is 12.1. The van der Waals surface area contributed by atoms with Crippen LogP contribution in [-0.2, 0) is 14.3 Å². The lowest BCUT2D eigenvalue weighted by Gasteiger charge is -2.15. The number of carbonyl (C=O) groups is 1. The van der Waals surface area contributed by atoms with Crippen LogP contribution in [0.3, 0.4) is 0 Å². The Balaban J connectivity index is 3.47. The van der Waals surface area contributed by atoms with Crippen LogP contribution in [0.4, 0.5) is 0 Å². The lowest BCUT2D eigenvalue weighted by atomic mass is 10.0. The SMILES string of the molecule is CC/C=C\C/C=C\C/C=C\CCCCCCCC(=O)OC(CO)COCCCCCCCCCCCCCCCC. The third-order valence-electron chi connectivity index (χ3n) is 7.48. The predicted octanol–water partition coefficient (Wildman–Crippen LogP) is 11.0. The highest BCUT2D eigenvalue weighted by molar-refractivity contribution is 5.69. The Hall–Kier alpha value is -1.39. The molecule has 0 aromatic heterocycles. The summed E-state index contributed by atoms with van der Waals surface area (Å²) >= 11 is 0. The van der Waals surface area contributed by atoms with Crippen molar-refractivity contribution in [3.8, 4) is 0 Å². The second-order valence-corrected chi connectivity index (χ2v) is 11.6. The fraction of sp³-hybridized carbons (Fsp3) is 0.811. The summed E-state index contributed by atoms with van der Waals surface area (Å²) in [5.74, 6) is -0.217. The van der Waals surface area contributed by atoms with Gasteiger partial charge >= 0.3 is 5.97 Å². The van der Waals surface area contributed by atoms with Crippen molar-refractivity contribution in [2.75, 3.05) is 19.8 Å². The molecule has 0 bridgehead atoms. The summed E-state index contributed by atoms with van der Waals surface area (Å²) in [7, 11) is 0. The van der Waals surface area contributed by atoms with Crippen molar-refractivity contribution >= 4 is 5.97 Å². The molecule has 0 saturated heterocycles. The van der Waals surface area contributed by atoms with Gasteiger partial charge in [-0.3, -0.25) is 4.79 Å². The first-order valence-corrected chi connectivity index (χ1v) is 17.6. The molecule has 0 spiro atoms. The minimum atomic E-state index is -0.538. The van der Waals surface area contributed by atoms with Crippen LogP contribution in [0.5, 0.6) is 0 Å². The second kappa shape index (κ2) is 34.8. The third kappa shape index (κ3) is 33.0. The van der Waals surface area contributed by atoms with Crippen molar-refractivity contribution in [1.82, 2.24) is 0 Å². The van der Waals surface area contributed by atoms with Gasteiger partial charge in [0.1, 0.15) is 6.10 Å². The molecule has 0 aliphatic carbocycles. The lowest BCUT2D eigenvalue weighted by molar-refractivity contribution is -0.154. The minimum absolute atomic E-state index is 0.177. The number of hydrogen-bond donors (Lipinski definition) is 1. The predicted molar refractivity (Wildman–Crippen MR) is 177 cm³/mol. The van der Waals surface area contributed by atoms with E-state index >= 15 is 0 Å². The van der Waals surface area contributed by atoms with Gasteiger partial charge < -0.3 is 14.6 Å². The van der Waals surface area contributed by atoms with Gasteiger partial charge in [-0.2, -0.15) is 0 Å². The van der Waals surface area contributed by atoms with E-state index in [1.807, 2.05) is 0 Å². The molecule has 0 amide bonds. The van der Waals surface area contributed by atoms with Gasteiger partial charge in [-0.15, -0.1) is 0 Å². The van der Waals surface area contributed by atoms with E-state index in [4.69, 9.17) is 9.47 Å². The van der Waals surface area contributed by atoms with Crippen molar-refractivity contribution in [2.45, 2.75) is 174 Å². The molecule has 0 aliphatic rings. The highest BCUT2D eigenvalue weighted by Crippen LogP contribution is 2.13. The fourth-order valence-electron chi connectivity index (χ4n) is 4.87. The summed E-state index contributed by atoms with van der Waals surface area (Å²) in [5.41, 5.74) is 0. The Morgan fingerprint density at radius 2 is 1.10 bits per heavy atom. The van der Waals surface area contributed by atoms with Gasteiger partial charge in [-0.05, 0) is 44.9 Å². The summed E-state index contributed by atoms with van der Waals surface area (Å²) in [6.45, 7) is 5.22. The molecule has 0 saturated carbocycles. The molecular weight excluding hydrogens is 508 g/mol. The second-order valence-electron chi connectivity index (χ2n) is 11.6. The number of rotatable bonds is 32. The number of hydrogen-bond acceptors (Lipinski definition) is 4. The zero-order valence-corrected chi connectivity index (χ0v) is 27.3. The number of carbonyl (C=O) groups excluding carboxylic acids is 1. The average Bonchev–Trinajstić information content (AvgIpc) is 2.98. The van der Waals surface area contributed by atoms with Crippen molar-refractivity contribution in [3.05, 3.63) is 36.5 Å². The van der Waals surface area contributed by atoms with Crippen LogP contribution in [0.25, 0.3) is 0 Å². The first-order chi connectivity index (χ1) is 20.2.